The molecule has 0 fully saturated rings. The highest BCUT2D eigenvalue weighted by Crippen LogP contribution is 2.40. The van der Waals surface area contributed by atoms with Crippen molar-refractivity contribution in [3.63, 3.8) is 0 Å². The average molecular weight is 187 g/mol. The Balaban J connectivity index is 1.98. The van der Waals surface area contributed by atoms with E-state index in [9.17, 15) is 0 Å². The van der Waals surface area contributed by atoms with Crippen molar-refractivity contribution in [2.75, 3.05) is 0 Å². The minimum Gasteiger partial charge on any atom is -0.381 e. The summed E-state index contributed by atoms with van der Waals surface area (Å²) in [5, 5.41) is 3.67. The SMILES string of the molecule is CC1CC=CC2NC3=C(C=CCC3)C12. The second kappa shape index (κ2) is 3.01. The van der Waals surface area contributed by atoms with Crippen LogP contribution >= 0.6 is 0 Å². The third-order valence-electron chi connectivity index (χ3n) is 3.76. The zero-order valence-corrected chi connectivity index (χ0v) is 8.66. The summed E-state index contributed by atoms with van der Waals surface area (Å²) in [6.07, 6.45) is 13.0. The van der Waals surface area contributed by atoms with Crippen molar-refractivity contribution in [3.8, 4) is 0 Å². The van der Waals surface area contributed by atoms with Crippen LogP contribution < -0.4 is 5.32 Å². The van der Waals surface area contributed by atoms with E-state index in [2.05, 4.69) is 36.5 Å². The van der Waals surface area contributed by atoms with Crippen LogP contribution in [0.1, 0.15) is 26.2 Å². The lowest BCUT2D eigenvalue weighted by Gasteiger charge is -2.28. The van der Waals surface area contributed by atoms with Crippen LogP contribution in [0.5, 0.6) is 0 Å². The predicted molar refractivity (Wildman–Crippen MR) is 58.7 cm³/mol. The fourth-order valence-corrected chi connectivity index (χ4v) is 3.05. The minimum absolute atomic E-state index is 0.589. The fraction of sp³-hybridized carbons (Fsp3) is 0.538. The molecule has 0 saturated carbocycles. The van der Waals surface area contributed by atoms with Crippen molar-refractivity contribution >= 4 is 0 Å². The van der Waals surface area contributed by atoms with Crippen LogP contribution in [0.25, 0.3) is 0 Å². The molecule has 3 aliphatic rings. The van der Waals surface area contributed by atoms with Crippen molar-refractivity contribution in [1.29, 1.82) is 0 Å². The van der Waals surface area contributed by atoms with E-state index >= 15 is 0 Å². The molecule has 1 aliphatic heterocycles. The van der Waals surface area contributed by atoms with E-state index in [1.165, 1.54) is 25.0 Å². The van der Waals surface area contributed by atoms with E-state index in [4.69, 9.17) is 0 Å². The summed E-state index contributed by atoms with van der Waals surface area (Å²) in [5.41, 5.74) is 3.11. The van der Waals surface area contributed by atoms with Gasteiger partial charge < -0.3 is 5.32 Å². The molecule has 3 rings (SSSR count). The quantitative estimate of drug-likeness (QED) is 0.575. The van der Waals surface area contributed by atoms with E-state index in [1.807, 2.05) is 0 Å². The smallest absolute Gasteiger partial charge is 0.0513 e. The highest BCUT2D eigenvalue weighted by Gasteiger charge is 2.36. The fourth-order valence-electron chi connectivity index (χ4n) is 3.05. The van der Waals surface area contributed by atoms with Crippen LogP contribution in [-0.2, 0) is 0 Å². The number of hydrogen-bond acceptors (Lipinski definition) is 1. The Kier molecular flexibility index (Phi) is 1.79. The van der Waals surface area contributed by atoms with E-state index in [0.29, 0.717) is 6.04 Å². The maximum Gasteiger partial charge on any atom is 0.0513 e. The average Bonchev–Trinajstić information content (AvgIpc) is 2.57. The number of fused-ring (bicyclic) bond motifs is 2. The maximum absolute atomic E-state index is 3.67. The van der Waals surface area contributed by atoms with Gasteiger partial charge in [-0.15, -0.1) is 0 Å². The second-order valence-corrected chi connectivity index (χ2v) is 4.71. The molecule has 1 N–H and O–H groups in total. The van der Waals surface area contributed by atoms with Crippen molar-refractivity contribution in [1.82, 2.24) is 5.32 Å². The van der Waals surface area contributed by atoms with Crippen LogP contribution in [0.2, 0.25) is 0 Å². The Hall–Kier alpha value is -0.980. The lowest BCUT2D eigenvalue weighted by molar-refractivity contribution is 0.369. The first-order valence-corrected chi connectivity index (χ1v) is 5.69. The number of nitrogens with one attached hydrogen (secondary N) is 1. The molecule has 0 aromatic rings. The normalized spacial score (nSPS) is 39.4. The van der Waals surface area contributed by atoms with Crippen molar-refractivity contribution in [2.24, 2.45) is 11.8 Å². The number of rotatable bonds is 0. The summed E-state index contributed by atoms with van der Waals surface area (Å²) in [5.74, 6) is 1.54. The Morgan fingerprint density at radius 3 is 3.21 bits per heavy atom. The maximum atomic E-state index is 3.67. The summed E-state index contributed by atoms with van der Waals surface area (Å²) in [6, 6.07) is 0.589. The molecular weight excluding hydrogens is 170 g/mol. The molecule has 0 aromatic heterocycles. The van der Waals surface area contributed by atoms with Gasteiger partial charge in [-0.05, 0) is 30.8 Å². The van der Waals surface area contributed by atoms with Crippen LogP contribution in [0.15, 0.2) is 35.6 Å². The molecule has 0 bridgehead atoms. The predicted octanol–water partition coefficient (Wildman–Crippen LogP) is 2.77. The lowest BCUT2D eigenvalue weighted by atomic mass is 9.77. The molecule has 0 radical (unpaired) electrons. The molecule has 0 spiro atoms. The van der Waals surface area contributed by atoms with E-state index in [-0.39, 0.29) is 0 Å². The topological polar surface area (TPSA) is 12.0 Å². The van der Waals surface area contributed by atoms with Gasteiger partial charge in [0.15, 0.2) is 0 Å². The van der Waals surface area contributed by atoms with E-state index in [1.54, 1.807) is 5.57 Å². The second-order valence-electron chi connectivity index (χ2n) is 4.71. The van der Waals surface area contributed by atoms with Crippen LogP contribution in [0.3, 0.4) is 0 Å². The first kappa shape index (κ1) is 8.34. The number of allylic oxidation sites excluding steroid dienone is 4. The van der Waals surface area contributed by atoms with Crippen LogP contribution in [-0.4, -0.2) is 6.04 Å². The van der Waals surface area contributed by atoms with Crippen molar-refractivity contribution in [2.45, 2.75) is 32.2 Å². The van der Waals surface area contributed by atoms with E-state index in [0.717, 1.165) is 11.8 Å². The third-order valence-corrected chi connectivity index (χ3v) is 3.76. The highest BCUT2D eigenvalue weighted by molar-refractivity contribution is 5.39. The van der Waals surface area contributed by atoms with Crippen molar-refractivity contribution < 1.29 is 0 Å². The molecule has 3 atom stereocenters. The molecule has 2 aliphatic carbocycles. The number of hydrogen-bond donors (Lipinski definition) is 1. The molecule has 3 unspecified atom stereocenters. The van der Waals surface area contributed by atoms with E-state index < -0.39 is 0 Å². The zero-order chi connectivity index (χ0) is 9.54. The van der Waals surface area contributed by atoms with Gasteiger partial charge in [-0.3, -0.25) is 0 Å². The van der Waals surface area contributed by atoms with Crippen LogP contribution in [0.4, 0.5) is 0 Å². The van der Waals surface area contributed by atoms with Gasteiger partial charge in [-0.1, -0.05) is 31.2 Å². The molecule has 0 amide bonds. The monoisotopic (exact) mass is 187 g/mol. The van der Waals surface area contributed by atoms with Gasteiger partial charge in [-0.25, -0.2) is 0 Å². The zero-order valence-electron chi connectivity index (χ0n) is 8.66. The summed E-state index contributed by atoms with van der Waals surface area (Å²) >= 11 is 0. The van der Waals surface area contributed by atoms with Crippen molar-refractivity contribution in [3.05, 3.63) is 35.6 Å². The van der Waals surface area contributed by atoms with Gasteiger partial charge in [-0.2, -0.15) is 0 Å². The Morgan fingerprint density at radius 2 is 2.29 bits per heavy atom. The third kappa shape index (κ3) is 1.08. The summed E-state index contributed by atoms with van der Waals surface area (Å²) in [7, 11) is 0. The molecule has 1 nitrogen and oxygen atoms in total. The first-order chi connectivity index (χ1) is 6.86. The minimum atomic E-state index is 0.589. The molecule has 0 saturated heterocycles. The molecule has 1 heterocycles. The largest absolute Gasteiger partial charge is 0.381 e. The first-order valence-electron chi connectivity index (χ1n) is 5.69. The molecule has 14 heavy (non-hydrogen) atoms. The van der Waals surface area contributed by atoms with Gasteiger partial charge in [0.25, 0.3) is 0 Å². The van der Waals surface area contributed by atoms with Gasteiger partial charge in [0, 0.05) is 11.6 Å². The Morgan fingerprint density at radius 1 is 1.36 bits per heavy atom. The molecule has 0 aromatic carbocycles. The highest BCUT2D eigenvalue weighted by atomic mass is 15.0. The van der Waals surface area contributed by atoms with Gasteiger partial charge in [0.05, 0.1) is 6.04 Å². The summed E-state index contributed by atoms with van der Waals surface area (Å²) < 4.78 is 0. The standard InChI is InChI=1S/C13H17N/c1-9-5-4-8-12-13(9)10-6-2-3-7-11(10)14-12/h2,4,6,8-9,12-14H,3,5,7H2,1H3. The Labute approximate surface area is 85.6 Å². The van der Waals surface area contributed by atoms with Gasteiger partial charge in [0.2, 0.25) is 0 Å². The van der Waals surface area contributed by atoms with Crippen LogP contribution in [0, 0.1) is 11.8 Å². The molecule has 1 heteroatoms. The molecular formula is C13H17N. The van der Waals surface area contributed by atoms with Gasteiger partial charge in [0.1, 0.15) is 0 Å². The van der Waals surface area contributed by atoms with Gasteiger partial charge >= 0.3 is 0 Å². The lowest BCUT2D eigenvalue weighted by Crippen LogP contribution is -2.32. The Bertz CT molecular complexity index is 335. The summed E-state index contributed by atoms with van der Waals surface area (Å²) in [4.78, 5) is 0. The molecule has 74 valence electrons. The summed E-state index contributed by atoms with van der Waals surface area (Å²) in [6.45, 7) is 2.38.